The molecular formula is C19H29N3O4S2. The zero-order valence-electron chi connectivity index (χ0n) is 16.2. The van der Waals surface area contributed by atoms with Crippen LogP contribution >= 0.6 is 27.0 Å². The van der Waals surface area contributed by atoms with E-state index in [2.05, 4.69) is 10.3 Å². The number of carbonyl (C=O) groups is 1. The summed E-state index contributed by atoms with van der Waals surface area (Å²) in [6, 6.07) is 7.59. The van der Waals surface area contributed by atoms with Gasteiger partial charge in [-0.2, -0.15) is 27.0 Å². The van der Waals surface area contributed by atoms with Gasteiger partial charge in [0.1, 0.15) is 11.4 Å². The largest absolute Gasteiger partial charge is 0.490 e. The van der Waals surface area contributed by atoms with E-state index in [-0.39, 0.29) is 51.6 Å². The summed E-state index contributed by atoms with van der Waals surface area (Å²) in [5, 5.41) is 17.5. The monoisotopic (exact) mass is 427 g/mol. The topological polar surface area (TPSA) is 86.5 Å². The van der Waals surface area contributed by atoms with Crippen LogP contribution in [-0.2, 0) is 23.2 Å². The van der Waals surface area contributed by atoms with Crippen LogP contribution in [-0.4, -0.2) is 38.8 Å². The fraction of sp³-hybridized carbons (Fsp3) is 0.526. The molecule has 1 fully saturated rings. The maximum atomic E-state index is 11.9. The Hall–Kier alpha value is -1.71. The molecule has 9 heteroatoms. The minimum Gasteiger partial charge on any atom is -0.490 e. The van der Waals surface area contributed by atoms with Gasteiger partial charge in [0.2, 0.25) is 0 Å². The molecular weight excluding hydrogens is 398 g/mol. The third-order valence-corrected chi connectivity index (χ3v) is 4.77. The van der Waals surface area contributed by atoms with Crippen LogP contribution < -0.4 is 4.74 Å². The summed E-state index contributed by atoms with van der Waals surface area (Å²) in [5.41, 5.74) is 2.22. The van der Waals surface area contributed by atoms with E-state index in [4.69, 9.17) is 9.47 Å². The van der Waals surface area contributed by atoms with Crippen molar-refractivity contribution >= 4 is 33.0 Å². The highest BCUT2D eigenvalue weighted by Gasteiger charge is 2.29. The predicted molar refractivity (Wildman–Crippen MR) is 116 cm³/mol. The maximum absolute atomic E-state index is 11.9. The van der Waals surface area contributed by atoms with Gasteiger partial charge in [-0.15, -0.1) is 5.10 Å². The summed E-state index contributed by atoms with van der Waals surface area (Å²) in [7, 11) is 1.75. The molecule has 0 unspecified atom stereocenters. The molecule has 0 bridgehead atoms. The van der Waals surface area contributed by atoms with Crippen LogP contribution in [0.2, 0.25) is 0 Å². The average molecular weight is 428 g/mol. The highest BCUT2D eigenvalue weighted by molar-refractivity contribution is 7.59. The lowest BCUT2D eigenvalue weighted by Crippen LogP contribution is -2.30. The number of benzene rings is 1. The van der Waals surface area contributed by atoms with Crippen LogP contribution in [0.3, 0.4) is 0 Å². The third kappa shape index (κ3) is 5.65. The molecule has 7 nitrogen and oxygen atoms in total. The van der Waals surface area contributed by atoms with Crippen molar-refractivity contribution in [2.24, 2.45) is 13.0 Å². The van der Waals surface area contributed by atoms with Crippen LogP contribution in [0.1, 0.15) is 38.3 Å². The van der Waals surface area contributed by atoms with Crippen molar-refractivity contribution in [1.82, 2.24) is 15.0 Å². The van der Waals surface area contributed by atoms with E-state index in [1.165, 1.54) is 0 Å². The molecule has 156 valence electrons. The van der Waals surface area contributed by atoms with Crippen molar-refractivity contribution in [3.63, 3.8) is 0 Å². The van der Waals surface area contributed by atoms with Gasteiger partial charge in [0.15, 0.2) is 0 Å². The van der Waals surface area contributed by atoms with Crippen molar-refractivity contribution in [2.75, 3.05) is 6.61 Å². The van der Waals surface area contributed by atoms with E-state index in [9.17, 15) is 9.90 Å². The molecule has 1 aliphatic rings. The van der Waals surface area contributed by atoms with E-state index in [0.717, 1.165) is 30.6 Å². The van der Waals surface area contributed by atoms with Crippen molar-refractivity contribution in [1.29, 1.82) is 0 Å². The average Bonchev–Trinajstić information content (AvgIpc) is 3.03. The van der Waals surface area contributed by atoms with E-state index >= 15 is 0 Å². The second-order valence-corrected chi connectivity index (χ2v) is 6.55. The van der Waals surface area contributed by atoms with Gasteiger partial charge in [-0.05, 0) is 56.9 Å². The zero-order chi connectivity index (χ0) is 18.5. The molecule has 0 radical (unpaired) electrons. The summed E-state index contributed by atoms with van der Waals surface area (Å²) in [6.45, 7) is 2.13. The molecule has 1 aromatic heterocycles. The Bertz CT molecular complexity index is 752. The first-order chi connectivity index (χ1) is 12.6. The number of aliphatic hydroxyl groups excluding tert-OH is 1. The Balaban J connectivity index is 0.00000196. The molecule has 0 aliphatic heterocycles. The Morgan fingerprint density at radius 1 is 1.25 bits per heavy atom. The van der Waals surface area contributed by atoms with E-state index < -0.39 is 0 Å². The summed E-state index contributed by atoms with van der Waals surface area (Å²) in [5.74, 6) is 0.577. The van der Waals surface area contributed by atoms with Crippen molar-refractivity contribution in [2.45, 2.75) is 45.3 Å². The molecule has 0 spiro atoms. The number of aliphatic hydroxyl groups is 1. The highest BCUT2D eigenvalue weighted by Crippen LogP contribution is 2.30. The molecule has 2 aromatic rings. The van der Waals surface area contributed by atoms with Gasteiger partial charge in [-0.3, -0.25) is 4.79 Å². The number of aromatic nitrogens is 3. The quantitative estimate of drug-likeness (QED) is 0.714. The molecule has 2 atom stereocenters. The maximum Gasteiger partial charge on any atom is 0.309 e. The highest BCUT2D eigenvalue weighted by atomic mass is 32.1. The van der Waals surface area contributed by atoms with Gasteiger partial charge in [0, 0.05) is 12.6 Å². The predicted octanol–water partition coefficient (Wildman–Crippen LogP) is 2.70. The smallest absolute Gasteiger partial charge is 0.309 e. The van der Waals surface area contributed by atoms with Crippen molar-refractivity contribution in [3.8, 4) is 17.0 Å². The zero-order valence-corrected chi connectivity index (χ0v) is 18.2. The number of hydrogen-bond donors (Lipinski definition) is 1. The molecule has 1 N–H and O–H groups in total. The van der Waals surface area contributed by atoms with Crippen LogP contribution in [0, 0.1) is 5.92 Å². The fourth-order valence-corrected chi connectivity index (χ4v) is 3.39. The van der Waals surface area contributed by atoms with Gasteiger partial charge in [0.25, 0.3) is 0 Å². The van der Waals surface area contributed by atoms with Crippen LogP contribution in [0.15, 0.2) is 24.3 Å². The normalized spacial score (nSPS) is 18.5. The first-order valence-electron chi connectivity index (χ1n) is 9.05. The van der Waals surface area contributed by atoms with Gasteiger partial charge in [0.05, 0.1) is 30.9 Å². The minimum absolute atomic E-state index is 0. The van der Waals surface area contributed by atoms with Gasteiger partial charge in [-0.25, -0.2) is 4.68 Å². The van der Waals surface area contributed by atoms with E-state index in [0.29, 0.717) is 24.4 Å². The van der Waals surface area contributed by atoms with Gasteiger partial charge < -0.3 is 14.6 Å². The molecule has 1 aromatic carbocycles. The van der Waals surface area contributed by atoms with E-state index in [1.54, 1.807) is 11.7 Å². The lowest BCUT2D eigenvalue weighted by molar-refractivity contribution is -0.150. The first-order valence-corrected chi connectivity index (χ1v) is 9.05. The van der Waals surface area contributed by atoms with Crippen LogP contribution in [0.4, 0.5) is 0 Å². The molecule has 1 aliphatic carbocycles. The third-order valence-electron chi connectivity index (χ3n) is 4.77. The lowest BCUT2D eigenvalue weighted by Gasteiger charge is -2.28. The summed E-state index contributed by atoms with van der Waals surface area (Å²) >= 11 is 0. The molecule has 0 saturated heterocycles. The van der Waals surface area contributed by atoms with Gasteiger partial charge in [-0.1, -0.05) is 5.21 Å². The fourth-order valence-electron chi connectivity index (χ4n) is 3.39. The summed E-state index contributed by atoms with van der Waals surface area (Å²) in [6.07, 6.45) is 3.49. The number of carbonyl (C=O) groups excluding carboxylic acids is 1. The van der Waals surface area contributed by atoms with Crippen molar-refractivity contribution in [3.05, 3.63) is 30.0 Å². The minimum atomic E-state index is -0.117. The molecule has 3 rings (SSSR count). The van der Waals surface area contributed by atoms with Crippen LogP contribution in [0.5, 0.6) is 5.75 Å². The van der Waals surface area contributed by atoms with E-state index in [1.807, 2.05) is 31.2 Å². The Kier molecular flexibility index (Phi) is 9.84. The number of ether oxygens (including phenoxy) is 2. The second-order valence-electron chi connectivity index (χ2n) is 6.55. The standard InChI is InChI=1S/C19H25N3O4.2H2S/c1-3-25-19(24)14-5-4-6-16(11-14)26-15-9-7-13(8-10-15)18-17(12-23)22(2)21-20-18;;/h7-10,14,16,23H,3-6,11-12H2,1-2H3;2*1H2/t14-,16-;;/m0../s1. The first kappa shape index (κ1) is 24.3. The SMILES string of the molecule is CCOC(=O)[C@H]1CCC[C@H](Oc2ccc(-c3nnn(C)c3CO)cc2)C1.S.S. The second kappa shape index (κ2) is 11.3. The Labute approximate surface area is 179 Å². The molecule has 1 saturated carbocycles. The van der Waals surface area contributed by atoms with Crippen LogP contribution in [0.25, 0.3) is 11.3 Å². The number of aryl methyl sites for hydroxylation is 1. The summed E-state index contributed by atoms with van der Waals surface area (Å²) in [4.78, 5) is 11.9. The van der Waals surface area contributed by atoms with Crippen molar-refractivity contribution < 1.29 is 19.4 Å². The number of rotatable bonds is 6. The molecule has 0 amide bonds. The lowest BCUT2D eigenvalue weighted by atomic mass is 9.87. The molecule has 28 heavy (non-hydrogen) atoms. The Morgan fingerprint density at radius 3 is 2.61 bits per heavy atom. The van der Waals surface area contributed by atoms with Gasteiger partial charge >= 0.3 is 5.97 Å². The molecule has 1 heterocycles. The number of esters is 1. The number of hydrogen-bond acceptors (Lipinski definition) is 6. The number of nitrogens with zero attached hydrogens (tertiary/aromatic N) is 3. The Morgan fingerprint density at radius 2 is 1.96 bits per heavy atom. The summed E-state index contributed by atoms with van der Waals surface area (Å²) < 4.78 is 12.8.